The Morgan fingerprint density at radius 3 is 2.80 bits per heavy atom. The first-order valence-corrected chi connectivity index (χ1v) is 7.58. The number of likely N-dealkylation sites (tertiary alicyclic amines) is 1. The van der Waals surface area contributed by atoms with Gasteiger partial charge in [-0.3, -0.25) is 0 Å². The number of benzene rings is 1. The lowest BCUT2D eigenvalue weighted by Gasteiger charge is -2.32. The zero-order valence-corrected chi connectivity index (χ0v) is 12.5. The maximum absolute atomic E-state index is 12.1. The van der Waals surface area contributed by atoms with Crippen molar-refractivity contribution in [2.24, 2.45) is 0 Å². The van der Waals surface area contributed by atoms with Crippen molar-refractivity contribution in [2.45, 2.75) is 25.3 Å². The number of carbonyl (C=O) groups is 1. The molecule has 6 heteroatoms. The molecule has 0 bridgehead atoms. The molecule has 0 spiro atoms. The number of halogens is 2. The highest BCUT2D eigenvalue weighted by Gasteiger charge is 2.27. The summed E-state index contributed by atoms with van der Waals surface area (Å²) in [5.74, 6) is 0.602. The number of fused-ring (bicyclic) bond motifs is 1. The van der Waals surface area contributed by atoms with Crippen LogP contribution in [0, 0.1) is 0 Å². The number of amides is 2. The van der Waals surface area contributed by atoms with Gasteiger partial charge in [-0.1, -0.05) is 29.3 Å². The Balaban J connectivity index is 1.85. The van der Waals surface area contributed by atoms with Crippen LogP contribution in [0.5, 0.6) is 5.75 Å². The van der Waals surface area contributed by atoms with Crippen molar-refractivity contribution in [1.82, 2.24) is 10.2 Å². The summed E-state index contributed by atoms with van der Waals surface area (Å²) in [6.07, 6.45) is 2.79. The fourth-order valence-corrected chi connectivity index (χ4v) is 2.87. The monoisotopic (exact) mass is 314 g/mol. The van der Waals surface area contributed by atoms with Crippen molar-refractivity contribution in [3.8, 4) is 5.75 Å². The number of urea groups is 1. The molecule has 1 unspecified atom stereocenters. The number of hydrogen-bond acceptors (Lipinski definition) is 2. The van der Waals surface area contributed by atoms with Crippen molar-refractivity contribution in [3.63, 3.8) is 0 Å². The predicted molar refractivity (Wildman–Crippen MR) is 78.7 cm³/mol. The van der Waals surface area contributed by atoms with Gasteiger partial charge in [-0.2, -0.15) is 0 Å². The minimum absolute atomic E-state index is 0.0137. The Kier molecular flexibility index (Phi) is 3.94. The summed E-state index contributed by atoms with van der Waals surface area (Å²) in [5.41, 5.74) is 0.908. The molecule has 108 valence electrons. The minimum atomic E-state index is -0.0737. The maximum atomic E-state index is 12.1. The van der Waals surface area contributed by atoms with Crippen LogP contribution in [0.4, 0.5) is 4.79 Å². The lowest BCUT2D eigenvalue weighted by Crippen LogP contribution is -2.48. The van der Waals surface area contributed by atoms with E-state index in [9.17, 15) is 4.79 Å². The van der Waals surface area contributed by atoms with Gasteiger partial charge in [-0.05, 0) is 25.3 Å². The van der Waals surface area contributed by atoms with E-state index in [0.29, 0.717) is 22.4 Å². The van der Waals surface area contributed by atoms with Crippen molar-refractivity contribution >= 4 is 29.2 Å². The van der Waals surface area contributed by atoms with E-state index in [0.717, 1.165) is 37.9 Å². The number of ether oxygens (including phenoxy) is 1. The van der Waals surface area contributed by atoms with Crippen LogP contribution >= 0.6 is 23.2 Å². The first-order valence-electron chi connectivity index (χ1n) is 6.83. The predicted octanol–water partition coefficient (Wildman–Crippen LogP) is 3.62. The van der Waals surface area contributed by atoms with E-state index in [1.54, 1.807) is 6.07 Å². The van der Waals surface area contributed by atoms with Crippen LogP contribution in [0.1, 0.15) is 30.9 Å². The van der Waals surface area contributed by atoms with Crippen LogP contribution in [0.15, 0.2) is 12.1 Å². The molecule has 0 saturated carbocycles. The standard InChI is InChI=1S/C14H16Cl2N2O2/c15-10-5-4-9-11(17-14(19)18-6-2-7-18)3-1-8-20-13(9)12(10)16/h4-5,11H,1-3,6-8H2,(H,17,19). The van der Waals surface area contributed by atoms with E-state index >= 15 is 0 Å². The Hall–Kier alpha value is -1.13. The topological polar surface area (TPSA) is 41.6 Å². The van der Waals surface area contributed by atoms with Crippen molar-refractivity contribution in [3.05, 3.63) is 27.7 Å². The molecule has 1 N–H and O–H groups in total. The van der Waals surface area contributed by atoms with Gasteiger partial charge in [0.1, 0.15) is 10.8 Å². The largest absolute Gasteiger partial charge is 0.492 e. The van der Waals surface area contributed by atoms with E-state index in [1.165, 1.54) is 0 Å². The number of hydrogen-bond donors (Lipinski definition) is 1. The summed E-state index contributed by atoms with van der Waals surface area (Å²) in [7, 11) is 0. The summed E-state index contributed by atoms with van der Waals surface area (Å²) >= 11 is 12.2. The second-order valence-corrected chi connectivity index (χ2v) is 5.90. The van der Waals surface area contributed by atoms with E-state index < -0.39 is 0 Å². The van der Waals surface area contributed by atoms with Gasteiger partial charge in [0.15, 0.2) is 0 Å². The van der Waals surface area contributed by atoms with Gasteiger partial charge in [0.2, 0.25) is 0 Å². The minimum Gasteiger partial charge on any atom is -0.492 e. The molecular formula is C14H16Cl2N2O2. The molecule has 2 heterocycles. The summed E-state index contributed by atoms with van der Waals surface area (Å²) in [6.45, 7) is 2.26. The van der Waals surface area contributed by atoms with Crippen molar-refractivity contribution < 1.29 is 9.53 Å². The quantitative estimate of drug-likeness (QED) is 0.860. The highest BCUT2D eigenvalue weighted by molar-refractivity contribution is 6.43. The third-order valence-corrected chi connectivity index (χ3v) is 4.57. The molecule has 0 aliphatic carbocycles. The zero-order chi connectivity index (χ0) is 14.1. The summed E-state index contributed by atoms with van der Waals surface area (Å²) in [4.78, 5) is 13.9. The van der Waals surface area contributed by atoms with Crippen LogP contribution in [-0.2, 0) is 0 Å². The second-order valence-electron chi connectivity index (χ2n) is 5.11. The van der Waals surface area contributed by atoms with E-state index in [-0.39, 0.29) is 12.1 Å². The van der Waals surface area contributed by atoms with Gasteiger partial charge >= 0.3 is 6.03 Å². The van der Waals surface area contributed by atoms with Crippen molar-refractivity contribution in [2.75, 3.05) is 19.7 Å². The highest BCUT2D eigenvalue weighted by Crippen LogP contribution is 2.40. The average molecular weight is 315 g/mol. The lowest BCUT2D eigenvalue weighted by atomic mass is 10.0. The first kappa shape index (κ1) is 13.8. The van der Waals surface area contributed by atoms with Crippen LogP contribution in [0.2, 0.25) is 10.0 Å². The highest BCUT2D eigenvalue weighted by atomic mass is 35.5. The summed E-state index contributed by atoms with van der Waals surface area (Å²) in [5, 5.41) is 3.97. The van der Waals surface area contributed by atoms with Gasteiger partial charge < -0.3 is 15.0 Å². The molecular weight excluding hydrogens is 299 g/mol. The van der Waals surface area contributed by atoms with Crippen LogP contribution in [-0.4, -0.2) is 30.6 Å². The molecule has 0 radical (unpaired) electrons. The summed E-state index contributed by atoms with van der Waals surface area (Å²) < 4.78 is 5.69. The van der Waals surface area contributed by atoms with Crippen molar-refractivity contribution in [1.29, 1.82) is 0 Å². The van der Waals surface area contributed by atoms with Gasteiger partial charge in [0.25, 0.3) is 0 Å². The zero-order valence-electron chi connectivity index (χ0n) is 11.0. The number of rotatable bonds is 1. The van der Waals surface area contributed by atoms with E-state index in [2.05, 4.69) is 5.32 Å². The van der Waals surface area contributed by atoms with E-state index in [4.69, 9.17) is 27.9 Å². The van der Waals surface area contributed by atoms with Crippen LogP contribution in [0.3, 0.4) is 0 Å². The smallest absolute Gasteiger partial charge is 0.317 e. The number of nitrogens with zero attached hydrogens (tertiary/aromatic N) is 1. The fourth-order valence-electron chi connectivity index (χ4n) is 2.49. The number of nitrogens with one attached hydrogen (secondary N) is 1. The number of carbonyl (C=O) groups excluding carboxylic acids is 1. The Labute approximate surface area is 128 Å². The molecule has 4 nitrogen and oxygen atoms in total. The molecule has 1 fully saturated rings. The Morgan fingerprint density at radius 1 is 1.30 bits per heavy atom. The molecule has 1 aromatic rings. The lowest BCUT2D eigenvalue weighted by molar-refractivity contribution is 0.163. The molecule has 0 aromatic heterocycles. The molecule has 2 aliphatic rings. The average Bonchev–Trinajstić information content (AvgIpc) is 2.55. The molecule has 2 amide bonds. The first-order chi connectivity index (χ1) is 9.66. The molecule has 20 heavy (non-hydrogen) atoms. The third kappa shape index (κ3) is 2.54. The summed E-state index contributed by atoms with van der Waals surface area (Å²) in [6, 6.07) is 3.55. The molecule has 1 saturated heterocycles. The fraction of sp³-hybridized carbons (Fsp3) is 0.500. The van der Waals surface area contributed by atoms with Crippen LogP contribution < -0.4 is 10.1 Å². The van der Waals surface area contributed by atoms with Gasteiger partial charge in [-0.25, -0.2) is 4.79 Å². The van der Waals surface area contributed by atoms with Gasteiger partial charge in [0.05, 0.1) is 17.7 Å². The third-order valence-electron chi connectivity index (χ3n) is 3.78. The Bertz CT molecular complexity index is 532. The SMILES string of the molecule is O=C(NC1CCCOc2c1ccc(Cl)c2Cl)N1CCC1. The molecule has 3 rings (SSSR count). The Morgan fingerprint density at radius 2 is 2.10 bits per heavy atom. The normalized spacial score (nSPS) is 21.3. The van der Waals surface area contributed by atoms with E-state index in [1.807, 2.05) is 11.0 Å². The van der Waals surface area contributed by atoms with Gasteiger partial charge in [-0.15, -0.1) is 0 Å². The van der Waals surface area contributed by atoms with Gasteiger partial charge in [0, 0.05) is 18.7 Å². The molecule has 1 atom stereocenters. The van der Waals surface area contributed by atoms with Crippen LogP contribution in [0.25, 0.3) is 0 Å². The maximum Gasteiger partial charge on any atom is 0.317 e. The molecule has 1 aromatic carbocycles. The molecule has 2 aliphatic heterocycles. The second kappa shape index (κ2) is 5.70.